The fraction of sp³-hybridized carbons (Fsp3) is 0.625. The SMILES string of the molecule is [C-]#[N+][C@]1(COP(=O)(O)OCC(COC(=O)CC)OC(=O)CC)O[C@@H](c2ccc3c(N)ncnn23)[C@@H]2OC(C)(C)O[C@@H]21. The van der Waals surface area contributed by atoms with Gasteiger partial charge >= 0.3 is 25.5 Å². The van der Waals surface area contributed by atoms with E-state index in [0.29, 0.717) is 11.2 Å². The van der Waals surface area contributed by atoms with Crippen LogP contribution >= 0.6 is 7.82 Å². The van der Waals surface area contributed by atoms with Crippen molar-refractivity contribution < 1.29 is 51.8 Å². The van der Waals surface area contributed by atoms with Crippen LogP contribution in [-0.2, 0) is 46.9 Å². The Morgan fingerprint density at radius 3 is 2.61 bits per heavy atom. The lowest BCUT2D eigenvalue weighted by Crippen LogP contribution is -2.44. The van der Waals surface area contributed by atoms with E-state index in [4.69, 9.17) is 45.0 Å². The second-order valence-electron chi connectivity index (χ2n) is 9.76. The Hall–Kier alpha value is -3.16. The molecule has 0 amide bonds. The third kappa shape index (κ3) is 6.68. The number of carbonyl (C=O) groups is 2. The first-order chi connectivity index (χ1) is 19.3. The van der Waals surface area contributed by atoms with Crippen LogP contribution in [0.15, 0.2) is 18.5 Å². The molecule has 0 spiro atoms. The zero-order chi connectivity index (χ0) is 30.0. The lowest BCUT2D eigenvalue weighted by Gasteiger charge is -2.26. The summed E-state index contributed by atoms with van der Waals surface area (Å²) >= 11 is 0. The summed E-state index contributed by atoms with van der Waals surface area (Å²) in [7, 11) is -4.85. The molecular formula is C24H32N5O11P. The van der Waals surface area contributed by atoms with Crippen LogP contribution in [0.4, 0.5) is 5.82 Å². The van der Waals surface area contributed by atoms with Crippen LogP contribution in [0.1, 0.15) is 52.3 Å². The second-order valence-corrected chi connectivity index (χ2v) is 11.2. The summed E-state index contributed by atoms with van der Waals surface area (Å²) in [5.41, 5.74) is 5.03. The Morgan fingerprint density at radius 2 is 1.93 bits per heavy atom. The van der Waals surface area contributed by atoms with Gasteiger partial charge in [0.2, 0.25) is 0 Å². The molecule has 2 aliphatic heterocycles. The van der Waals surface area contributed by atoms with E-state index in [-0.39, 0.29) is 18.7 Å². The van der Waals surface area contributed by atoms with E-state index in [1.54, 1.807) is 39.8 Å². The summed E-state index contributed by atoms with van der Waals surface area (Å²) in [5.74, 6) is -2.07. The number of esters is 2. The van der Waals surface area contributed by atoms with Crippen LogP contribution in [-0.4, -0.2) is 81.1 Å². The fourth-order valence-corrected chi connectivity index (χ4v) is 5.21. The number of rotatable bonds is 12. The molecule has 17 heteroatoms. The Morgan fingerprint density at radius 1 is 1.20 bits per heavy atom. The van der Waals surface area contributed by atoms with Crippen molar-refractivity contribution in [1.29, 1.82) is 0 Å². The van der Waals surface area contributed by atoms with Crippen molar-refractivity contribution in [1.82, 2.24) is 14.6 Å². The van der Waals surface area contributed by atoms with Crippen LogP contribution in [0.25, 0.3) is 10.4 Å². The van der Waals surface area contributed by atoms with E-state index in [9.17, 15) is 19.0 Å². The molecule has 0 aromatic carbocycles. The molecule has 2 aromatic heterocycles. The number of nitrogens with two attached hydrogens (primary N) is 1. The van der Waals surface area contributed by atoms with Crippen LogP contribution in [0.5, 0.6) is 0 Å². The summed E-state index contributed by atoms with van der Waals surface area (Å²) in [5, 5.41) is 4.22. The van der Waals surface area contributed by atoms with E-state index in [2.05, 4.69) is 14.9 Å². The minimum atomic E-state index is -4.85. The number of phosphoric acid groups is 1. The molecule has 0 bridgehead atoms. The van der Waals surface area contributed by atoms with E-state index in [1.165, 1.54) is 10.8 Å². The van der Waals surface area contributed by atoms with Crippen molar-refractivity contribution >= 4 is 31.1 Å². The Labute approximate surface area is 235 Å². The highest BCUT2D eigenvalue weighted by atomic mass is 31.2. The van der Waals surface area contributed by atoms with Gasteiger partial charge in [-0.3, -0.25) is 28.2 Å². The molecule has 224 valence electrons. The molecule has 16 nitrogen and oxygen atoms in total. The highest BCUT2D eigenvalue weighted by Crippen LogP contribution is 2.53. The number of hydrogen-bond donors (Lipinski definition) is 2. The number of aromatic nitrogens is 3. The maximum absolute atomic E-state index is 12.8. The fourth-order valence-electron chi connectivity index (χ4n) is 4.43. The normalized spacial score (nSPS) is 27.1. The first kappa shape index (κ1) is 30.8. The molecule has 4 heterocycles. The molecule has 2 saturated heterocycles. The summed E-state index contributed by atoms with van der Waals surface area (Å²) in [6, 6.07) is 3.38. The molecule has 6 atom stereocenters. The van der Waals surface area contributed by atoms with Crippen molar-refractivity contribution in [3.63, 3.8) is 0 Å². The number of nitrogens with zero attached hydrogens (tertiary/aromatic N) is 4. The predicted octanol–water partition coefficient (Wildman–Crippen LogP) is 1.93. The van der Waals surface area contributed by atoms with Crippen molar-refractivity contribution in [3.8, 4) is 0 Å². The molecule has 4 rings (SSSR count). The topological polar surface area (TPSA) is 197 Å². The summed E-state index contributed by atoms with van der Waals surface area (Å²) in [6.07, 6.45) is -2.54. The minimum Gasteiger partial charge on any atom is -0.462 e. The number of hydrogen-bond acceptors (Lipinski definition) is 13. The lowest BCUT2D eigenvalue weighted by molar-refractivity contribution is -0.206. The van der Waals surface area contributed by atoms with Gasteiger partial charge in [0.1, 0.15) is 30.7 Å². The van der Waals surface area contributed by atoms with Crippen molar-refractivity contribution in [2.75, 3.05) is 25.6 Å². The summed E-state index contributed by atoms with van der Waals surface area (Å²) in [6.45, 7) is 12.7. The molecule has 0 saturated carbocycles. The van der Waals surface area contributed by atoms with Crippen molar-refractivity contribution in [2.45, 2.75) is 76.5 Å². The van der Waals surface area contributed by atoms with E-state index in [0.717, 1.165) is 0 Å². The van der Waals surface area contributed by atoms with Gasteiger partial charge < -0.3 is 29.6 Å². The number of anilines is 1. The number of phosphoric ester groups is 1. The minimum absolute atomic E-state index is 0.0219. The van der Waals surface area contributed by atoms with Crippen LogP contribution in [0.3, 0.4) is 0 Å². The van der Waals surface area contributed by atoms with Gasteiger partial charge in [-0.2, -0.15) is 5.10 Å². The molecule has 2 unspecified atom stereocenters. The first-order valence-corrected chi connectivity index (χ1v) is 14.3. The maximum atomic E-state index is 12.8. The zero-order valence-electron chi connectivity index (χ0n) is 22.9. The lowest BCUT2D eigenvalue weighted by atomic mass is 10.0. The molecule has 2 aromatic rings. The van der Waals surface area contributed by atoms with Gasteiger partial charge in [-0.15, -0.1) is 0 Å². The largest absolute Gasteiger partial charge is 0.472 e. The number of nitrogen functional groups attached to an aromatic ring is 1. The average Bonchev–Trinajstić information content (AvgIpc) is 3.59. The molecule has 2 aliphatic rings. The zero-order valence-corrected chi connectivity index (χ0v) is 23.8. The quantitative estimate of drug-likeness (QED) is 0.204. The van der Waals surface area contributed by atoms with Crippen LogP contribution < -0.4 is 5.73 Å². The van der Waals surface area contributed by atoms with Gasteiger partial charge in [0.25, 0.3) is 0 Å². The van der Waals surface area contributed by atoms with E-state index < -0.39 is 75.5 Å². The Balaban J connectivity index is 1.50. The van der Waals surface area contributed by atoms with Crippen LogP contribution in [0, 0.1) is 6.57 Å². The first-order valence-electron chi connectivity index (χ1n) is 12.8. The third-order valence-corrected chi connectivity index (χ3v) is 7.29. The second kappa shape index (κ2) is 12.0. The average molecular weight is 598 g/mol. The Kier molecular flexibility index (Phi) is 9.00. The third-order valence-electron chi connectivity index (χ3n) is 6.36. The number of ether oxygens (including phenoxy) is 5. The van der Waals surface area contributed by atoms with Gasteiger partial charge in [-0.05, 0) is 26.0 Å². The van der Waals surface area contributed by atoms with Crippen LogP contribution in [0.2, 0.25) is 0 Å². The van der Waals surface area contributed by atoms with E-state index in [1.807, 2.05) is 0 Å². The molecule has 0 radical (unpaired) electrons. The highest BCUT2D eigenvalue weighted by molar-refractivity contribution is 7.47. The standard InChI is InChI=1S/C24H32N5O11P/c1-6-17(30)34-10-14(37-18(31)7-2)11-35-41(32,33)36-12-24(26-5)21-20(38-23(3,4)40-21)19(39-24)15-8-9-16-22(25)27-13-28-29(15)16/h8-9,13-14,19-21H,6-7,10-12H2,1-4H3,(H,32,33)(H2,25,27,28)/t14?,19-,20-,21-,24+/m0/s1. The van der Waals surface area contributed by atoms with Gasteiger partial charge in [0.15, 0.2) is 30.4 Å². The maximum Gasteiger partial charge on any atom is 0.472 e. The molecule has 2 fully saturated rings. The van der Waals surface area contributed by atoms with Gasteiger partial charge in [-0.25, -0.2) is 20.6 Å². The smallest absolute Gasteiger partial charge is 0.462 e. The van der Waals surface area contributed by atoms with Gasteiger partial charge in [0, 0.05) is 12.8 Å². The Bertz CT molecular complexity index is 1380. The monoisotopic (exact) mass is 597 g/mol. The predicted molar refractivity (Wildman–Crippen MR) is 138 cm³/mol. The molecule has 41 heavy (non-hydrogen) atoms. The van der Waals surface area contributed by atoms with Gasteiger partial charge in [-0.1, -0.05) is 13.8 Å². The van der Waals surface area contributed by atoms with Gasteiger partial charge in [0.05, 0.1) is 12.3 Å². The summed E-state index contributed by atoms with van der Waals surface area (Å²) < 4.78 is 52.9. The molecular weight excluding hydrogens is 565 g/mol. The highest BCUT2D eigenvalue weighted by Gasteiger charge is 2.69. The molecule has 0 aliphatic carbocycles. The number of fused-ring (bicyclic) bond motifs is 2. The van der Waals surface area contributed by atoms with Crippen molar-refractivity contribution in [3.05, 3.63) is 35.6 Å². The molecule has 3 N–H and O–H groups in total. The number of carbonyl (C=O) groups excluding carboxylic acids is 2. The van der Waals surface area contributed by atoms with E-state index >= 15 is 0 Å². The summed E-state index contributed by atoms with van der Waals surface area (Å²) in [4.78, 5) is 41.3. The van der Waals surface area contributed by atoms with Crippen molar-refractivity contribution in [2.24, 2.45) is 0 Å².